The molecule has 0 radical (unpaired) electrons. The SMILES string of the molecule is COc1ccc(Br)c(C(CO)Nc2ccc(Cl)c(Br)c2)c1. The Labute approximate surface area is 145 Å². The topological polar surface area (TPSA) is 41.5 Å². The van der Waals surface area contributed by atoms with Gasteiger partial charge in [-0.05, 0) is 57.9 Å². The summed E-state index contributed by atoms with van der Waals surface area (Å²) in [7, 11) is 1.62. The average molecular weight is 436 g/mol. The second kappa shape index (κ2) is 7.49. The second-order valence-electron chi connectivity index (χ2n) is 4.40. The zero-order valence-corrected chi connectivity index (χ0v) is 15.2. The van der Waals surface area contributed by atoms with Gasteiger partial charge in [0.05, 0.1) is 24.8 Å². The molecular weight excluding hydrogens is 421 g/mol. The van der Waals surface area contributed by atoms with Crippen LogP contribution < -0.4 is 10.1 Å². The lowest BCUT2D eigenvalue weighted by Gasteiger charge is -2.20. The maximum atomic E-state index is 9.69. The minimum Gasteiger partial charge on any atom is -0.497 e. The third kappa shape index (κ3) is 4.13. The molecule has 2 N–H and O–H groups in total. The molecule has 0 amide bonds. The molecule has 0 aliphatic carbocycles. The van der Waals surface area contributed by atoms with Gasteiger partial charge in [-0.2, -0.15) is 0 Å². The van der Waals surface area contributed by atoms with Gasteiger partial charge in [-0.25, -0.2) is 0 Å². The molecule has 0 heterocycles. The zero-order valence-electron chi connectivity index (χ0n) is 11.2. The maximum Gasteiger partial charge on any atom is 0.119 e. The summed E-state index contributed by atoms with van der Waals surface area (Å²) in [5.74, 6) is 0.741. The van der Waals surface area contributed by atoms with E-state index in [1.165, 1.54) is 0 Å². The molecule has 0 aliphatic rings. The van der Waals surface area contributed by atoms with E-state index in [2.05, 4.69) is 37.2 Å². The van der Waals surface area contributed by atoms with Crippen molar-refractivity contribution in [3.05, 3.63) is 55.9 Å². The van der Waals surface area contributed by atoms with Crippen LogP contribution in [0.25, 0.3) is 0 Å². The van der Waals surface area contributed by atoms with Crippen LogP contribution in [0.3, 0.4) is 0 Å². The molecule has 0 aromatic heterocycles. The Balaban J connectivity index is 2.29. The molecule has 6 heteroatoms. The van der Waals surface area contributed by atoms with Crippen LogP contribution in [-0.4, -0.2) is 18.8 Å². The number of benzene rings is 2. The van der Waals surface area contributed by atoms with Gasteiger partial charge in [0.15, 0.2) is 0 Å². The first-order valence-electron chi connectivity index (χ1n) is 6.21. The quantitative estimate of drug-likeness (QED) is 0.693. The number of aliphatic hydroxyl groups is 1. The van der Waals surface area contributed by atoms with Gasteiger partial charge in [0.25, 0.3) is 0 Å². The van der Waals surface area contributed by atoms with Crippen molar-refractivity contribution in [2.75, 3.05) is 19.0 Å². The third-order valence-electron chi connectivity index (χ3n) is 3.02. The van der Waals surface area contributed by atoms with Crippen LogP contribution >= 0.6 is 43.5 Å². The molecule has 2 aromatic rings. The molecule has 21 heavy (non-hydrogen) atoms. The molecule has 0 saturated carbocycles. The van der Waals surface area contributed by atoms with Crippen molar-refractivity contribution in [3.63, 3.8) is 0 Å². The first-order valence-corrected chi connectivity index (χ1v) is 8.17. The predicted molar refractivity (Wildman–Crippen MR) is 93.3 cm³/mol. The fourth-order valence-corrected chi connectivity index (χ4v) is 2.94. The minimum absolute atomic E-state index is 0.0496. The number of ether oxygens (including phenoxy) is 1. The number of methoxy groups -OCH3 is 1. The number of halogens is 3. The molecule has 0 aliphatic heterocycles. The number of aliphatic hydroxyl groups excluding tert-OH is 1. The van der Waals surface area contributed by atoms with Gasteiger partial charge in [0.2, 0.25) is 0 Å². The first kappa shape index (κ1) is 16.6. The number of rotatable bonds is 5. The summed E-state index contributed by atoms with van der Waals surface area (Å²) in [6.45, 7) is -0.0496. The summed E-state index contributed by atoms with van der Waals surface area (Å²) in [5.41, 5.74) is 1.78. The van der Waals surface area contributed by atoms with E-state index in [0.717, 1.165) is 25.9 Å². The Morgan fingerprint density at radius 2 is 1.95 bits per heavy atom. The lowest BCUT2D eigenvalue weighted by atomic mass is 10.1. The van der Waals surface area contributed by atoms with E-state index in [4.69, 9.17) is 16.3 Å². The highest BCUT2D eigenvalue weighted by Gasteiger charge is 2.15. The van der Waals surface area contributed by atoms with E-state index < -0.39 is 0 Å². The third-order valence-corrected chi connectivity index (χ3v) is 4.96. The van der Waals surface area contributed by atoms with Gasteiger partial charge in [-0.15, -0.1) is 0 Å². The van der Waals surface area contributed by atoms with E-state index in [9.17, 15) is 5.11 Å². The van der Waals surface area contributed by atoms with E-state index in [1.807, 2.05) is 30.3 Å². The lowest BCUT2D eigenvalue weighted by molar-refractivity contribution is 0.275. The summed E-state index contributed by atoms with van der Waals surface area (Å²) in [6.07, 6.45) is 0. The van der Waals surface area contributed by atoms with Gasteiger partial charge in [0, 0.05) is 14.6 Å². The Bertz CT molecular complexity index is 637. The van der Waals surface area contributed by atoms with Gasteiger partial charge < -0.3 is 15.2 Å². The number of hydrogen-bond donors (Lipinski definition) is 2. The summed E-state index contributed by atoms with van der Waals surface area (Å²) in [4.78, 5) is 0. The normalized spacial score (nSPS) is 12.0. The van der Waals surface area contributed by atoms with Crippen LogP contribution in [-0.2, 0) is 0 Å². The van der Waals surface area contributed by atoms with Crippen LogP contribution in [0, 0.1) is 0 Å². The molecule has 0 fully saturated rings. The number of anilines is 1. The van der Waals surface area contributed by atoms with Gasteiger partial charge in [0.1, 0.15) is 5.75 Å². The summed E-state index contributed by atoms with van der Waals surface area (Å²) in [5, 5.41) is 13.6. The van der Waals surface area contributed by atoms with Crippen LogP contribution in [0.2, 0.25) is 5.02 Å². The summed E-state index contributed by atoms with van der Waals surface area (Å²) >= 11 is 12.9. The fraction of sp³-hybridized carbons (Fsp3) is 0.200. The Hall–Kier alpha value is -0.750. The number of nitrogens with one attached hydrogen (secondary N) is 1. The Morgan fingerprint density at radius 3 is 2.57 bits per heavy atom. The monoisotopic (exact) mass is 433 g/mol. The highest BCUT2D eigenvalue weighted by Crippen LogP contribution is 2.32. The fourth-order valence-electron chi connectivity index (χ4n) is 1.92. The maximum absolute atomic E-state index is 9.69. The van der Waals surface area contributed by atoms with Crippen molar-refractivity contribution < 1.29 is 9.84 Å². The minimum atomic E-state index is -0.262. The van der Waals surface area contributed by atoms with Crippen LogP contribution in [0.5, 0.6) is 5.75 Å². The summed E-state index contributed by atoms with van der Waals surface area (Å²) < 4.78 is 6.94. The van der Waals surface area contributed by atoms with Crippen LogP contribution in [0.4, 0.5) is 5.69 Å². The first-order chi connectivity index (χ1) is 10.0. The molecule has 2 aromatic carbocycles. The zero-order chi connectivity index (χ0) is 15.4. The lowest BCUT2D eigenvalue weighted by Crippen LogP contribution is -2.15. The van der Waals surface area contributed by atoms with Crippen LogP contribution in [0.1, 0.15) is 11.6 Å². The largest absolute Gasteiger partial charge is 0.497 e. The highest BCUT2D eigenvalue weighted by atomic mass is 79.9. The molecule has 0 spiro atoms. The molecule has 2 rings (SSSR count). The smallest absolute Gasteiger partial charge is 0.119 e. The number of hydrogen-bond acceptors (Lipinski definition) is 3. The van der Waals surface area contributed by atoms with Gasteiger partial charge >= 0.3 is 0 Å². The molecule has 112 valence electrons. The Morgan fingerprint density at radius 1 is 1.19 bits per heavy atom. The average Bonchev–Trinajstić information content (AvgIpc) is 2.49. The highest BCUT2D eigenvalue weighted by molar-refractivity contribution is 9.10. The van der Waals surface area contributed by atoms with E-state index >= 15 is 0 Å². The molecule has 1 unspecified atom stereocenters. The molecule has 0 bridgehead atoms. The molecule has 3 nitrogen and oxygen atoms in total. The predicted octanol–water partition coefficient (Wildman–Crippen LogP) is 5.02. The molecule has 1 atom stereocenters. The molecule has 0 saturated heterocycles. The van der Waals surface area contributed by atoms with Crippen molar-refractivity contribution in [1.29, 1.82) is 0 Å². The Kier molecular flexibility index (Phi) is 5.93. The van der Waals surface area contributed by atoms with Gasteiger partial charge in [-0.3, -0.25) is 0 Å². The molecular formula is C15H14Br2ClNO2. The van der Waals surface area contributed by atoms with Crippen molar-refractivity contribution in [2.45, 2.75) is 6.04 Å². The van der Waals surface area contributed by atoms with Crippen molar-refractivity contribution in [1.82, 2.24) is 0 Å². The van der Waals surface area contributed by atoms with Crippen molar-refractivity contribution in [3.8, 4) is 5.75 Å². The standard InChI is InChI=1S/C15H14Br2ClNO2/c1-21-10-3-4-12(16)11(7-10)15(8-20)19-9-2-5-14(18)13(17)6-9/h2-7,15,19-20H,8H2,1H3. The van der Waals surface area contributed by atoms with E-state index in [1.54, 1.807) is 13.2 Å². The summed E-state index contributed by atoms with van der Waals surface area (Å²) in [6, 6.07) is 10.9. The van der Waals surface area contributed by atoms with Crippen molar-refractivity contribution >= 4 is 49.1 Å². The van der Waals surface area contributed by atoms with Crippen LogP contribution in [0.15, 0.2) is 45.3 Å². The van der Waals surface area contributed by atoms with Gasteiger partial charge in [-0.1, -0.05) is 27.5 Å². The van der Waals surface area contributed by atoms with Crippen molar-refractivity contribution in [2.24, 2.45) is 0 Å². The van der Waals surface area contributed by atoms with E-state index in [0.29, 0.717) is 5.02 Å². The van der Waals surface area contributed by atoms with E-state index in [-0.39, 0.29) is 12.6 Å². The second-order valence-corrected chi connectivity index (χ2v) is 6.51.